The van der Waals surface area contributed by atoms with E-state index in [4.69, 9.17) is 5.73 Å². The van der Waals surface area contributed by atoms with Crippen molar-refractivity contribution in [2.45, 2.75) is 69.7 Å². The minimum atomic E-state index is -0.735. The molecule has 142 valence electrons. The van der Waals surface area contributed by atoms with Crippen molar-refractivity contribution in [3.63, 3.8) is 0 Å². The molecule has 25 heavy (non-hydrogen) atoms. The molecule has 4 bridgehead atoms. The minimum absolute atomic E-state index is 0.140. The number of hydrogen-bond donors (Lipinski definition) is 1. The Morgan fingerprint density at radius 2 is 1.36 bits per heavy atom. The summed E-state index contributed by atoms with van der Waals surface area (Å²) in [4.78, 5) is 29.6. The third-order valence-electron chi connectivity index (χ3n) is 6.44. The fourth-order valence-corrected chi connectivity index (χ4v) is 6.66. The van der Waals surface area contributed by atoms with Gasteiger partial charge in [0.1, 0.15) is 0 Å². The van der Waals surface area contributed by atoms with Gasteiger partial charge in [0.15, 0.2) is 0 Å². The molecule has 4 fully saturated rings. The van der Waals surface area contributed by atoms with Gasteiger partial charge in [-0.1, -0.05) is 0 Å². The second-order valence-electron chi connectivity index (χ2n) is 8.69. The summed E-state index contributed by atoms with van der Waals surface area (Å²) in [5, 5.41) is 19.2. The van der Waals surface area contributed by atoms with Crippen molar-refractivity contribution in [1.29, 1.82) is 0 Å². The van der Waals surface area contributed by atoms with Crippen molar-refractivity contribution < 1.29 is 19.8 Å². The molecule has 4 aliphatic rings. The minimum Gasteiger partial charge on any atom is -0.325 e. The Kier molecular flexibility index (Phi) is 4.78. The van der Waals surface area contributed by atoms with Gasteiger partial charge in [-0.2, -0.15) is 0 Å². The summed E-state index contributed by atoms with van der Waals surface area (Å²) in [6.07, 6.45) is 9.57. The molecule has 0 saturated heterocycles. The highest BCUT2D eigenvalue weighted by atomic mass is 17.0. The Labute approximate surface area is 146 Å². The van der Waals surface area contributed by atoms with Crippen LogP contribution in [0.15, 0.2) is 0 Å². The molecule has 2 atom stereocenters. The van der Waals surface area contributed by atoms with Gasteiger partial charge in [0, 0.05) is 5.54 Å². The van der Waals surface area contributed by atoms with Crippen LogP contribution in [0.5, 0.6) is 0 Å². The number of nitrogens with zero attached hydrogens (tertiary/aromatic N) is 2. The average Bonchev–Trinajstić information content (AvgIpc) is 2.45. The van der Waals surface area contributed by atoms with E-state index in [0.717, 1.165) is 51.4 Å². The zero-order chi connectivity index (χ0) is 18.1. The molecule has 0 aromatic carbocycles. The van der Waals surface area contributed by atoms with Gasteiger partial charge < -0.3 is 15.4 Å². The summed E-state index contributed by atoms with van der Waals surface area (Å²) in [5.41, 5.74) is 6.87. The molecular weight excluding hydrogens is 330 g/mol. The van der Waals surface area contributed by atoms with Gasteiger partial charge in [0.25, 0.3) is 10.2 Å². The molecule has 9 heteroatoms. The van der Waals surface area contributed by atoms with Gasteiger partial charge in [-0.05, 0) is 81.0 Å². The highest BCUT2D eigenvalue weighted by Crippen LogP contribution is 2.68. The fraction of sp³-hybridized carbons (Fsp3) is 1.00. The molecular formula is C16H27N3O6. The summed E-state index contributed by atoms with van der Waals surface area (Å²) in [7, 11) is 0. The first kappa shape index (κ1) is 18.2. The molecule has 0 aliphatic heterocycles. The zero-order valence-corrected chi connectivity index (χ0v) is 14.5. The lowest BCUT2D eigenvalue weighted by Gasteiger charge is -2.66. The van der Waals surface area contributed by atoms with Crippen LogP contribution in [0.4, 0.5) is 0 Å². The van der Waals surface area contributed by atoms with Crippen LogP contribution in [-0.4, -0.2) is 28.9 Å². The van der Waals surface area contributed by atoms with E-state index in [9.17, 15) is 20.2 Å². The maximum Gasteiger partial charge on any atom is 0.294 e. The van der Waals surface area contributed by atoms with E-state index >= 15 is 0 Å². The normalized spacial score (nSPS) is 38.5. The molecule has 4 saturated carbocycles. The topological polar surface area (TPSA) is 131 Å². The van der Waals surface area contributed by atoms with E-state index in [-0.39, 0.29) is 29.6 Å². The summed E-state index contributed by atoms with van der Waals surface area (Å²) in [6.45, 7) is 0.279. The predicted molar refractivity (Wildman–Crippen MR) is 87.3 cm³/mol. The molecule has 0 heterocycles. The van der Waals surface area contributed by atoms with E-state index in [1.54, 1.807) is 0 Å². The second kappa shape index (κ2) is 6.59. The van der Waals surface area contributed by atoms with Crippen molar-refractivity contribution >= 4 is 0 Å². The Hall–Kier alpha value is -1.64. The summed E-state index contributed by atoms with van der Waals surface area (Å²) in [5.74, 6) is 0.606. The lowest BCUT2D eigenvalue weighted by molar-refractivity contribution is -0.757. The Balaban J connectivity index is 1.61. The summed E-state index contributed by atoms with van der Waals surface area (Å²) >= 11 is 0. The summed E-state index contributed by atoms with van der Waals surface area (Å²) in [6, 6.07) is 0. The largest absolute Gasteiger partial charge is 0.325 e. The van der Waals surface area contributed by atoms with E-state index in [1.807, 2.05) is 0 Å². The first-order valence-electron chi connectivity index (χ1n) is 9.08. The molecule has 2 unspecified atom stereocenters. The molecule has 0 spiro atoms. The van der Waals surface area contributed by atoms with Crippen LogP contribution in [0.3, 0.4) is 0 Å². The lowest BCUT2D eigenvalue weighted by atomic mass is 9.40. The molecule has 4 rings (SSSR count). The van der Waals surface area contributed by atoms with Gasteiger partial charge in [0.05, 0.1) is 13.2 Å². The standard InChI is InChI=1S/C16H27N3O6/c17-16-9-13-7-14(11-16,3-1-5-24-18(20)21)10-15(8-13,12-16)4-2-6-25-19(22)23/h13H,1-12,17H2. The Morgan fingerprint density at radius 3 is 1.76 bits per heavy atom. The maximum absolute atomic E-state index is 10.3. The third-order valence-corrected chi connectivity index (χ3v) is 6.44. The van der Waals surface area contributed by atoms with E-state index in [2.05, 4.69) is 9.68 Å². The monoisotopic (exact) mass is 357 g/mol. The average molecular weight is 357 g/mol. The van der Waals surface area contributed by atoms with Crippen molar-refractivity contribution in [1.82, 2.24) is 0 Å². The van der Waals surface area contributed by atoms with Crippen LogP contribution in [-0.2, 0) is 9.68 Å². The first-order valence-corrected chi connectivity index (χ1v) is 9.08. The fourth-order valence-electron chi connectivity index (χ4n) is 6.66. The Morgan fingerprint density at radius 1 is 0.880 bits per heavy atom. The lowest BCUT2D eigenvalue weighted by Crippen LogP contribution is -2.63. The SMILES string of the molecule is NC12CC3CC(CCCO[N+](=O)[O-])(C1)CC(CCCO[N+](=O)[O-])(C3)C2. The van der Waals surface area contributed by atoms with Gasteiger partial charge in [-0.25, -0.2) is 0 Å². The molecule has 0 aromatic rings. The maximum atomic E-state index is 10.3. The highest BCUT2D eigenvalue weighted by molar-refractivity contribution is 5.15. The number of hydrogen-bond acceptors (Lipinski definition) is 7. The quantitative estimate of drug-likeness (QED) is 0.361. The van der Waals surface area contributed by atoms with Crippen molar-refractivity contribution in [2.75, 3.05) is 13.2 Å². The molecule has 0 aromatic heterocycles. The first-order chi connectivity index (χ1) is 11.7. The smallest absolute Gasteiger partial charge is 0.294 e. The molecule has 0 radical (unpaired) electrons. The molecule has 0 amide bonds. The molecule has 9 nitrogen and oxygen atoms in total. The van der Waals surface area contributed by atoms with Gasteiger partial charge >= 0.3 is 0 Å². The van der Waals surface area contributed by atoms with Crippen LogP contribution in [0.1, 0.15) is 64.2 Å². The van der Waals surface area contributed by atoms with Crippen LogP contribution in [0.2, 0.25) is 0 Å². The van der Waals surface area contributed by atoms with Crippen LogP contribution in [0.25, 0.3) is 0 Å². The van der Waals surface area contributed by atoms with E-state index in [1.165, 1.54) is 0 Å². The van der Waals surface area contributed by atoms with Crippen molar-refractivity contribution in [2.24, 2.45) is 22.5 Å². The van der Waals surface area contributed by atoms with Crippen LogP contribution < -0.4 is 5.73 Å². The summed E-state index contributed by atoms with van der Waals surface area (Å²) < 4.78 is 0. The number of nitrogens with two attached hydrogens (primary N) is 1. The van der Waals surface area contributed by atoms with E-state index < -0.39 is 10.2 Å². The zero-order valence-electron chi connectivity index (χ0n) is 14.5. The highest BCUT2D eigenvalue weighted by Gasteiger charge is 2.61. The van der Waals surface area contributed by atoms with Crippen molar-refractivity contribution in [3.05, 3.63) is 20.2 Å². The predicted octanol–water partition coefficient (Wildman–Crippen LogP) is 2.63. The molecule has 2 N–H and O–H groups in total. The number of rotatable bonds is 10. The van der Waals surface area contributed by atoms with E-state index in [0.29, 0.717) is 18.8 Å². The second-order valence-corrected chi connectivity index (χ2v) is 8.69. The van der Waals surface area contributed by atoms with Gasteiger partial charge in [-0.3, -0.25) is 0 Å². The van der Waals surface area contributed by atoms with Crippen molar-refractivity contribution in [3.8, 4) is 0 Å². The van der Waals surface area contributed by atoms with Gasteiger partial charge in [0.2, 0.25) is 0 Å². The van der Waals surface area contributed by atoms with Crippen LogP contribution in [0, 0.1) is 37.0 Å². The van der Waals surface area contributed by atoms with Crippen LogP contribution >= 0.6 is 0 Å². The van der Waals surface area contributed by atoms with Gasteiger partial charge in [-0.15, -0.1) is 20.2 Å². The molecule has 4 aliphatic carbocycles. The third kappa shape index (κ3) is 4.13. The Bertz CT molecular complexity index is 504.